The molecule has 3 aromatic rings. The Labute approximate surface area is 162 Å². The summed E-state index contributed by atoms with van der Waals surface area (Å²) in [7, 11) is 0. The lowest BCUT2D eigenvalue weighted by Crippen LogP contribution is -2.23. The third kappa shape index (κ3) is 3.89. The summed E-state index contributed by atoms with van der Waals surface area (Å²) in [6, 6.07) is 7.25. The number of thiophene rings is 1. The highest BCUT2D eigenvalue weighted by Gasteiger charge is 2.31. The summed E-state index contributed by atoms with van der Waals surface area (Å²) in [5.74, 6) is -0.907. The Balaban J connectivity index is 1.52. The van der Waals surface area contributed by atoms with E-state index in [4.69, 9.17) is 0 Å². The fourth-order valence-corrected chi connectivity index (χ4v) is 4.26. The lowest BCUT2D eigenvalue weighted by Gasteiger charge is -2.13. The van der Waals surface area contributed by atoms with Gasteiger partial charge < -0.3 is 5.32 Å². The average molecular weight is 406 g/mol. The first-order valence-corrected chi connectivity index (χ1v) is 10.2. The van der Waals surface area contributed by atoms with Crippen LogP contribution in [0.1, 0.15) is 25.8 Å². The number of nitrogens with zero attached hydrogens (tertiary/aromatic N) is 3. The van der Waals surface area contributed by atoms with E-state index in [-0.39, 0.29) is 5.69 Å². The van der Waals surface area contributed by atoms with Crippen LogP contribution in [-0.4, -0.2) is 25.9 Å². The van der Waals surface area contributed by atoms with Gasteiger partial charge in [0.2, 0.25) is 5.91 Å². The summed E-state index contributed by atoms with van der Waals surface area (Å²) in [5, 5.41) is 13.1. The van der Waals surface area contributed by atoms with Gasteiger partial charge in [-0.3, -0.25) is 9.36 Å². The van der Waals surface area contributed by atoms with Gasteiger partial charge in [-0.15, -0.1) is 21.5 Å². The van der Waals surface area contributed by atoms with E-state index >= 15 is 0 Å². The number of rotatable bonds is 6. The molecule has 0 unspecified atom stereocenters. The number of hydrogen-bond acceptors (Lipinski definition) is 5. The molecule has 0 saturated heterocycles. The van der Waals surface area contributed by atoms with Crippen LogP contribution in [-0.2, 0) is 4.79 Å². The van der Waals surface area contributed by atoms with Crippen molar-refractivity contribution >= 4 is 34.7 Å². The van der Waals surface area contributed by atoms with Gasteiger partial charge in [0.15, 0.2) is 11.0 Å². The highest BCUT2D eigenvalue weighted by Crippen LogP contribution is 2.42. The van der Waals surface area contributed by atoms with Crippen LogP contribution in [0.15, 0.2) is 40.9 Å². The van der Waals surface area contributed by atoms with Crippen molar-refractivity contribution in [1.82, 2.24) is 14.8 Å². The number of aromatic nitrogens is 3. The predicted octanol–water partition coefficient (Wildman–Crippen LogP) is 4.74. The van der Waals surface area contributed by atoms with Crippen molar-refractivity contribution < 1.29 is 13.6 Å². The monoisotopic (exact) mass is 406 g/mol. The summed E-state index contributed by atoms with van der Waals surface area (Å²) < 4.78 is 29.1. The molecular formula is C18H16F2N4OS2. The van der Waals surface area contributed by atoms with Gasteiger partial charge in [0.05, 0.1) is 15.8 Å². The molecule has 1 amide bonds. The number of hydrogen-bond donors (Lipinski definition) is 1. The van der Waals surface area contributed by atoms with E-state index in [0.717, 1.165) is 41.7 Å². The molecule has 0 bridgehead atoms. The molecule has 5 nitrogen and oxygen atoms in total. The van der Waals surface area contributed by atoms with Crippen molar-refractivity contribution in [2.75, 3.05) is 5.32 Å². The Bertz CT molecular complexity index is 970. The van der Waals surface area contributed by atoms with Gasteiger partial charge in [0.1, 0.15) is 11.6 Å². The van der Waals surface area contributed by atoms with Crippen LogP contribution in [0.5, 0.6) is 0 Å². The molecule has 27 heavy (non-hydrogen) atoms. The number of anilines is 1. The van der Waals surface area contributed by atoms with Gasteiger partial charge >= 0.3 is 0 Å². The summed E-state index contributed by atoms with van der Waals surface area (Å²) in [4.78, 5) is 13.5. The fourth-order valence-electron chi connectivity index (χ4n) is 2.63. The fraction of sp³-hybridized carbons (Fsp3) is 0.278. The molecule has 140 valence electrons. The normalized spacial score (nSPS) is 14.9. The topological polar surface area (TPSA) is 59.8 Å². The van der Waals surface area contributed by atoms with Crippen LogP contribution >= 0.6 is 23.1 Å². The Morgan fingerprint density at radius 3 is 2.85 bits per heavy atom. The minimum absolute atomic E-state index is 0.171. The maximum atomic E-state index is 13.7. The minimum atomic E-state index is -0.678. The summed E-state index contributed by atoms with van der Waals surface area (Å²) in [6.45, 7) is 1.70. The standard InChI is InChI=1S/C18H16F2N4OS2/c1-10(17(25)21-14-9-11(19)4-7-13(14)20)27-18-23-22-16(15-3-2-8-26-15)24(18)12-5-6-12/h2-4,7-10,12H,5-6H2,1H3,(H,21,25)/t10-/m1/s1. The maximum Gasteiger partial charge on any atom is 0.237 e. The molecular weight excluding hydrogens is 390 g/mol. The molecule has 1 aliphatic carbocycles. The molecule has 2 aromatic heterocycles. The zero-order valence-corrected chi connectivity index (χ0v) is 16.0. The quantitative estimate of drug-likeness (QED) is 0.601. The van der Waals surface area contributed by atoms with Gasteiger partial charge in [0, 0.05) is 12.1 Å². The molecule has 0 aliphatic heterocycles. The Kier molecular flexibility index (Phi) is 4.96. The molecule has 4 rings (SSSR count). The zero-order valence-electron chi connectivity index (χ0n) is 14.4. The smallest absolute Gasteiger partial charge is 0.237 e. The van der Waals surface area contributed by atoms with Crippen LogP contribution in [0.4, 0.5) is 14.5 Å². The highest BCUT2D eigenvalue weighted by atomic mass is 32.2. The zero-order chi connectivity index (χ0) is 19.0. The lowest BCUT2D eigenvalue weighted by atomic mass is 10.3. The van der Waals surface area contributed by atoms with Crippen LogP contribution < -0.4 is 5.32 Å². The second-order valence-electron chi connectivity index (χ2n) is 6.26. The second-order valence-corrected chi connectivity index (χ2v) is 8.51. The number of amides is 1. The van der Waals surface area contributed by atoms with Crippen LogP contribution in [0.25, 0.3) is 10.7 Å². The Morgan fingerprint density at radius 2 is 2.15 bits per heavy atom. The van der Waals surface area contributed by atoms with E-state index in [0.29, 0.717) is 11.2 Å². The summed E-state index contributed by atoms with van der Waals surface area (Å²) in [6.07, 6.45) is 2.11. The molecule has 0 radical (unpaired) electrons. The van der Waals surface area contributed by atoms with E-state index in [9.17, 15) is 13.6 Å². The maximum absolute atomic E-state index is 13.7. The Morgan fingerprint density at radius 1 is 1.33 bits per heavy atom. The predicted molar refractivity (Wildman–Crippen MR) is 102 cm³/mol. The average Bonchev–Trinajstić information content (AvgIpc) is 3.16. The van der Waals surface area contributed by atoms with Crippen LogP contribution in [0.2, 0.25) is 0 Å². The third-order valence-electron chi connectivity index (χ3n) is 4.16. The number of nitrogens with one attached hydrogen (secondary N) is 1. The number of thioether (sulfide) groups is 1. The van der Waals surface area contributed by atoms with Crippen molar-refractivity contribution in [3.8, 4) is 10.7 Å². The van der Waals surface area contributed by atoms with E-state index < -0.39 is 22.8 Å². The molecule has 1 saturated carbocycles. The summed E-state index contributed by atoms with van der Waals surface area (Å²) in [5.41, 5.74) is -0.171. The lowest BCUT2D eigenvalue weighted by molar-refractivity contribution is -0.115. The number of carbonyl (C=O) groups excluding carboxylic acids is 1. The van der Waals surface area contributed by atoms with E-state index in [1.165, 1.54) is 11.8 Å². The van der Waals surface area contributed by atoms with Crippen molar-refractivity contribution in [2.45, 2.75) is 36.2 Å². The van der Waals surface area contributed by atoms with E-state index in [2.05, 4.69) is 20.1 Å². The second kappa shape index (κ2) is 7.40. The first kappa shape index (κ1) is 18.1. The van der Waals surface area contributed by atoms with Crippen molar-refractivity contribution in [3.63, 3.8) is 0 Å². The first-order chi connectivity index (χ1) is 13.0. The SMILES string of the molecule is C[C@@H](Sc1nnc(-c2cccs2)n1C1CC1)C(=O)Nc1cc(F)ccc1F. The number of benzene rings is 1. The Hall–Kier alpha value is -2.26. The van der Waals surface area contributed by atoms with Crippen molar-refractivity contribution in [3.05, 3.63) is 47.3 Å². The minimum Gasteiger partial charge on any atom is -0.323 e. The van der Waals surface area contributed by atoms with Gasteiger partial charge in [-0.25, -0.2) is 8.78 Å². The largest absolute Gasteiger partial charge is 0.323 e. The van der Waals surface area contributed by atoms with Crippen LogP contribution in [0, 0.1) is 11.6 Å². The first-order valence-electron chi connectivity index (χ1n) is 8.44. The third-order valence-corrected chi connectivity index (χ3v) is 6.08. The highest BCUT2D eigenvalue weighted by molar-refractivity contribution is 8.00. The molecule has 1 atom stereocenters. The molecule has 1 aromatic carbocycles. The van der Waals surface area contributed by atoms with Crippen molar-refractivity contribution in [2.24, 2.45) is 0 Å². The van der Waals surface area contributed by atoms with E-state index in [1.54, 1.807) is 18.3 Å². The van der Waals surface area contributed by atoms with Gasteiger partial charge in [0.25, 0.3) is 0 Å². The molecule has 1 aliphatic rings. The number of halogens is 2. The molecule has 0 spiro atoms. The van der Waals surface area contributed by atoms with Gasteiger partial charge in [-0.1, -0.05) is 17.8 Å². The van der Waals surface area contributed by atoms with Crippen molar-refractivity contribution in [1.29, 1.82) is 0 Å². The number of carbonyl (C=O) groups is 1. The van der Waals surface area contributed by atoms with Gasteiger partial charge in [-0.2, -0.15) is 0 Å². The molecule has 1 fully saturated rings. The molecule has 1 N–H and O–H groups in total. The molecule has 2 heterocycles. The van der Waals surface area contributed by atoms with E-state index in [1.807, 2.05) is 17.5 Å². The molecule has 9 heteroatoms. The van der Waals surface area contributed by atoms with Crippen LogP contribution in [0.3, 0.4) is 0 Å². The summed E-state index contributed by atoms with van der Waals surface area (Å²) >= 11 is 2.85. The van der Waals surface area contributed by atoms with Gasteiger partial charge in [-0.05, 0) is 43.3 Å².